The molecule has 22 heavy (non-hydrogen) atoms. The lowest BCUT2D eigenvalue weighted by Crippen LogP contribution is -2.53. The quantitative estimate of drug-likeness (QED) is 0.809. The average Bonchev–Trinajstić information content (AvgIpc) is 2.56. The molecule has 0 aromatic heterocycles. The maximum atomic E-state index is 12.0. The van der Waals surface area contributed by atoms with Gasteiger partial charge in [0.25, 0.3) is 0 Å². The van der Waals surface area contributed by atoms with E-state index in [1.54, 1.807) is 7.11 Å². The van der Waals surface area contributed by atoms with Crippen molar-refractivity contribution in [2.75, 3.05) is 7.11 Å². The van der Waals surface area contributed by atoms with Crippen molar-refractivity contribution in [2.24, 2.45) is 11.8 Å². The summed E-state index contributed by atoms with van der Waals surface area (Å²) in [6.07, 6.45) is -0.605. The standard InChI is InChI=1S/C18H26O4/c1-5-15(19)16-12(2)13(3)17(18(20-4)22-16)21-11-14-9-7-6-8-10-14/h6-10,12-13,16-18H,5,11H2,1-4H3/t12-,13-,16?,17?,18-/m0/s1. The molecule has 1 aromatic rings. The number of Topliss-reactive ketones (excluding diaryl/α,β-unsaturated/α-hetero) is 1. The second-order valence-corrected chi connectivity index (χ2v) is 5.96. The van der Waals surface area contributed by atoms with Gasteiger partial charge in [0.2, 0.25) is 0 Å². The normalized spacial score (nSPS) is 31.9. The third-order valence-corrected chi connectivity index (χ3v) is 4.56. The van der Waals surface area contributed by atoms with Gasteiger partial charge in [0.15, 0.2) is 12.1 Å². The first-order chi connectivity index (χ1) is 10.6. The Kier molecular flexibility index (Phi) is 6.12. The van der Waals surface area contributed by atoms with Gasteiger partial charge in [0.1, 0.15) is 12.2 Å². The van der Waals surface area contributed by atoms with E-state index in [4.69, 9.17) is 14.2 Å². The van der Waals surface area contributed by atoms with Crippen LogP contribution in [-0.2, 0) is 25.6 Å². The van der Waals surface area contributed by atoms with Crippen LogP contribution < -0.4 is 0 Å². The molecular formula is C18H26O4. The molecule has 4 heteroatoms. The number of ether oxygens (including phenoxy) is 3. The highest BCUT2D eigenvalue weighted by Gasteiger charge is 2.44. The van der Waals surface area contributed by atoms with Crippen molar-refractivity contribution >= 4 is 5.78 Å². The molecule has 1 aliphatic rings. The summed E-state index contributed by atoms with van der Waals surface area (Å²) in [6.45, 7) is 6.53. The van der Waals surface area contributed by atoms with Gasteiger partial charge in [-0.3, -0.25) is 4.79 Å². The Labute approximate surface area is 132 Å². The molecule has 0 spiro atoms. The summed E-state index contributed by atoms with van der Waals surface area (Å²) in [4.78, 5) is 12.0. The molecule has 0 N–H and O–H groups in total. The van der Waals surface area contributed by atoms with Crippen molar-refractivity contribution in [3.63, 3.8) is 0 Å². The Morgan fingerprint density at radius 2 is 1.86 bits per heavy atom. The van der Waals surface area contributed by atoms with E-state index in [-0.39, 0.29) is 23.7 Å². The Morgan fingerprint density at radius 1 is 1.18 bits per heavy atom. The van der Waals surface area contributed by atoms with E-state index >= 15 is 0 Å². The predicted octanol–water partition coefficient (Wildman–Crippen LogP) is 3.19. The summed E-state index contributed by atoms with van der Waals surface area (Å²) >= 11 is 0. The fourth-order valence-electron chi connectivity index (χ4n) is 2.93. The van der Waals surface area contributed by atoms with Crippen LogP contribution in [0.1, 0.15) is 32.8 Å². The smallest absolute Gasteiger partial charge is 0.184 e. The van der Waals surface area contributed by atoms with E-state index in [1.165, 1.54) is 0 Å². The van der Waals surface area contributed by atoms with Gasteiger partial charge in [-0.15, -0.1) is 0 Å². The van der Waals surface area contributed by atoms with Gasteiger partial charge in [0, 0.05) is 13.5 Å². The molecule has 1 aromatic carbocycles. The number of ketones is 1. The third kappa shape index (κ3) is 3.75. The van der Waals surface area contributed by atoms with Crippen LogP contribution in [0.4, 0.5) is 0 Å². The second-order valence-electron chi connectivity index (χ2n) is 5.96. The summed E-state index contributed by atoms with van der Waals surface area (Å²) in [5.74, 6) is 0.422. The number of hydrogen-bond acceptors (Lipinski definition) is 4. The molecule has 5 atom stereocenters. The minimum Gasteiger partial charge on any atom is -0.368 e. The van der Waals surface area contributed by atoms with Crippen molar-refractivity contribution in [3.8, 4) is 0 Å². The van der Waals surface area contributed by atoms with Gasteiger partial charge in [-0.05, 0) is 17.4 Å². The van der Waals surface area contributed by atoms with Gasteiger partial charge < -0.3 is 14.2 Å². The zero-order valence-electron chi connectivity index (χ0n) is 13.8. The average molecular weight is 306 g/mol. The molecule has 1 aliphatic heterocycles. The van der Waals surface area contributed by atoms with Crippen LogP contribution in [0.15, 0.2) is 30.3 Å². The molecule has 0 amide bonds. The fourth-order valence-corrected chi connectivity index (χ4v) is 2.93. The number of rotatable bonds is 6. The molecule has 1 fully saturated rings. The van der Waals surface area contributed by atoms with Crippen LogP contribution in [0.2, 0.25) is 0 Å². The first-order valence-corrected chi connectivity index (χ1v) is 7.95. The lowest BCUT2D eigenvalue weighted by atomic mass is 9.81. The first-order valence-electron chi connectivity index (χ1n) is 7.95. The number of carbonyl (C=O) groups is 1. The molecule has 1 saturated heterocycles. The van der Waals surface area contributed by atoms with Crippen molar-refractivity contribution in [1.82, 2.24) is 0 Å². The summed E-state index contributed by atoms with van der Waals surface area (Å²) < 4.78 is 17.4. The van der Waals surface area contributed by atoms with Crippen molar-refractivity contribution in [2.45, 2.75) is 52.3 Å². The van der Waals surface area contributed by atoms with Gasteiger partial charge >= 0.3 is 0 Å². The largest absolute Gasteiger partial charge is 0.368 e. The Morgan fingerprint density at radius 3 is 2.45 bits per heavy atom. The van der Waals surface area contributed by atoms with Crippen molar-refractivity contribution in [3.05, 3.63) is 35.9 Å². The molecule has 4 nitrogen and oxygen atoms in total. The Balaban J connectivity index is 2.05. The molecule has 2 rings (SSSR count). The van der Waals surface area contributed by atoms with E-state index in [2.05, 4.69) is 6.92 Å². The molecule has 1 heterocycles. The summed E-state index contributed by atoms with van der Waals surface area (Å²) in [5, 5.41) is 0. The highest BCUT2D eigenvalue weighted by atomic mass is 16.7. The number of methoxy groups -OCH3 is 1. The lowest BCUT2D eigenvalue weighted by molar-refractivity contribution is -0.269. The van der Waals surface area contributed by atoms with E-state index in [9.17, 15) is 4.79 Å². The minimum absolute atomic E-state index is 0.111. The van der Waals surface area contributed by atoms with E-state index in [0.717, 1.165) is 5.56 Å². The third-order valence-electron chi connectivity index (χ3n) is 4.56. The molecule has 0 bridgehead atoms. The van der Waals surface area contributed by atoms with E-state index in [0.29, 0.717) is 13.0 Å². The number of hydrogen-bond donors (Lipinski definition) is 0. The van der Waals surface area contributed by atoms with Gasteiger partial charge in [-0.2, -0.15) is 0 Å². The van der Waals surface area contributed by atoms with E-state index in [1.807, 2.05) is 44.2 Å². The molecule has 0 radical (unpaired) electrons. The van der Waals surface area contributed by atoms with Crippen LogP contribution >= 0.6 is 0 Å². The van der Waals surface area contributed by atoms with Crippen LogP contribution in [-0.4, -0.2) is 31.4 Å². The minimum atomic E-state index is -0.504. The maximum Gasteiger partial charge on any atom is 0.184 e. The van der Waals surface area contributed by atoms with Crippen molar-refractivity contribution < 1.29 is 19.0 Å². The molecule has 0 saturated carbocycles. The zero-order chi connectivity index (χ0) is 16.1. The lowest BCUT2D eigenvalue weighted by Gasteiger charge is -2.43. The van der Waals surface area contributed by atoms with Gasteiger partial charge in [0.05, 0.1) is 6.61 Å². The van der Waals surface area contributed by atoms with E-state index < -0.39 is 12.4 Å². The Hall–Kier alpha value is -1.23. The zero-order valence-corrected chi connectivity index (χ0v) is 13.8. The van der Waals surface area contributed by atoms with Crippen LogP contribution in [0.5, 0.6) is 0 Å². The monoisotopic (exact) mass is 306 g/mol. The summed E-state index contributed by atoms with van der Waals surface area (Å²) in [7, 11) is 1.60. The maximum absolute atomic E-state index is 12.0. The van der Waals surface area contributed by atoms with Crippen molar-refractivity contribution in [1.29, 1.82) is 0 Å². The fraction of sp³-hybridized carbons (Fsp3) is 0.611. The summed E-state index contributed by atoms with van der Waals surface area (Å²) in [5.41, 5.74) is 1.11. The van der Waals surface area contributed by atoms with Crippen LogP contribution in [0, 0.1) is 11.8 Å². The molecule has 0 aliphatic carbocycles. The predicted molar refractivity (Wildman–Crippen MR) is 84.3 cm³/mol. The Bertz CT molecular complexity index is 471. The molecule has 2 unspecified atom stereocenters. The highest BCUT2D eigenvalue weighted by Crippen LogP contribution is 2.34. The number of carbonyl (C=O) groups excluding carboxylic acids is 1. The topological polar surface area (TPSA) is 44.8 Å². The van der Waals surface area contributed by atoms with Crippen LogP contribution in [0.25, 0.3) is 0 Å². The van der Waals surface area contributed by atoms with Crippen LogP contribution in [0.3, 0.4) is 0 Å². The second kappa shape index (κ2) is 7.86. The molecule has 122 valence electrons. The van der Waals surface area contributed by atoms with Gasteiger partial charge in [-0.25, -0.2) is 0 Å². The highest BCUT2D eigenvalue weighted by molar-refractivity contribution is 5.83. The summed E-state index contributed by atoms with van der Waals surface area (Å²) in [6, 6.07) is 10.0. The van der Waals surface area contributed by atoms with Gasteiger partial charge in [-0.1, -0.05) is 51.1 Å². The molecular weight excluding hydrogens is 280 g/mol. The SMILES string of the molecule is CCC(=O)C1O[C@H](OC)C(OCc2ccccc2)[C@@H](C)[C@@H]1C. The number of benzene rings is 1. The first kappa shape index (κ1) is 17.1.